The third-order valence-corrected chi connectivity index (χ3v) is 7.06. The molecule has 0 atom stereocenters. The van der Waals surface area contributed by atoms with E-state index in [1.165, 1.54) is 17.3 Å². The first-order valence-corrected chi connectivity index (χ1v) is 12.1. The van der Waals surface area contributed by atoms with Crippen molar-refractivity contribution in [3.05, 3.63) is 66.9 Å². The number of nitrogens with one attached hydrogen (secondary N) is 1. The van der Waals surface area contributed by atoms with Gasteiger partial charge in [-0.2, -0.15) is 0 Å². The van der Waals surface area contributed by atoms with Crippen LogP contribution < -0.4 is 10.2 Å². The van der Waals surface area contributed by atoms with Gasteiger partial charge in [-0.05, 0) is 61.7 Å². The molecule has 2 aromatic carbocycles. The molecule has 1 aromatic heterocycles. The van der Waals surface area contributed by atoms with Gasteiger partial charge in [-0.15, -0.1) is 0 Å². The number of carbonyl (C=O) groups is 1. The van der Waals surface area contributed by atoms with Gasteiger partial charge in [-0.3, -0.25) is 4.79 Å². The second kappa shape index (κ2) is 9.81. The minimum atomic E-state index is 0.0174. The lowest BCUT2D eigenvalue weighted by atomic mass is 9.88. The summed E-state index contributed by atoms with van der Waals surface area (Å²) in [6.45, 7) is 9.41. The Morgan fingerprint density at radius 1 is 1.03 bits per heavy atom. The van der Waals surface area contributed by atoms with Crippen molar-refractivity contribution >= 4 is 34.1 Å². The molecule has 0 bridgehead atoms. The molecule has 7 nitrogen and oxygen atoms in total. The maximum Gasteiger partial charge on any atom is 0.245 e. The predicted octanol–water partition coefficient (Wildman–Crippen LogP) is 4.02. The number of piperazine rings is 1. The van der Waals surface area contributed by atoms with Crippen LogP contribution in [0.25, 0.3) is 10.9 Å². The molecule has 7 heteroatoms. The molecule has 0 saturated carbocycles. The smallest absolute Gasteiger partial charge is 0.245 e. The van der Waals surface area contributed by atoms with Crippen LogP contribution in [0.5, 0.6) is 0 Å². The summed E-state index contributed by atoms with van der Waals surface area (Å²) < 4.78 is 0. The van der Waals surface area contributed by atoms with Gasteiger partial charge >= 0.3 is 0 Å². The molecular formula is C27H32N6O. The number of fused-ring (bicyclic) bond motifs is 1. The molecule has 176 valence electrons. The van der Waals surface area contributed by atoms with E-state index in [1.807, 2.05) is 11.1 Å². The summed E-state index contributed by atoms with van der Waals surface area (Å²) in [7, 11) is 2.17. The highest BCUT2D eigenvalue weighted by molar-refractivity contribution is 5.87. The van der Waals surface area contributed by atoms with E-state index in [1.54, 1.807) is 0 Å². The van der Waals surface area contributed by atoms with Crippen LogP contribution in [0.4, 0.5) is 17.3 Å². The number of nitrogens with zero attached hydrogens (tertiary/aromatic N) is 5. The van der Waals surface area contributed by atoms with Crippen molar-refractivity contribution in [3.63, 3.8) is 0 Å². The Labute approximate surface area is 201 Å². The fraction of sp³-hybridized carbons (Fsp3) is 0.370. The first-order valence-electron chi connectivity index (χ1n) is 12.1. The summed E-state index contributed by atoms with van der Waals surface area (Å²) in [6.07, 6.45) is 5.16. The average Bonchev–Trinajstić information content (AvgIpc) is 2.89. The van der Waals surface area contributed by atoms with Gasteiger partial charge in [0.05, 0.1) is 5.52 Å². The predicted molar refractivity (Wildman–Crippen MR) is 138 cm³/mol. The molecular weight excluding hydrogens is 424 g/mol. The van der Waals surface area contributed by atoms with Crippen LogP contribution in [0.2, 0.25) is 0 Å². The first-order chi connectivity index (χ1) is 16.6. The van der Waals surface area contributed by atoms with Crippen molar-refractivity contribution in [1.29, 1.82) is 0 Å². The van der Waals surface area contributed by atoms with E-state index in [2.05, 4.69) is 76.2 Å². The maximum atomic E-state index is 11.9. The third-order valence-electron chi connectivity index (χ3n) is 7.06. The maximum absolute atomic E-state index is 11.9. The lowest BCUT2D eigenvalue weighted by Crippen LogP contribution is -2.44. The zero-order chi connectivity index (χ0) is 23.5. The van der Waals surface area contributed by atoms with E-state index < -0.39 is 0 Å². The summed E-state index contributed by atoms with van der Waals surface area (Å²) in [5.41, 5.74) is 4.45. The Morgan fingerprint density at radius 2 is 1.76 bits per heavy atom. The van der Waals surface area contributed by atoms with E-state index in [0.717, 1.165) is 68.7 Å². The number of piperidine rings is 1. The highest BCUT2D eigenvalue weighted by atomic mass is 16.2. The van der Waals surface area contributed by atoms with Crippen LogP contribution in [0.15, 0.2) is 61.3 Å². The molecule has 0 radical (unpaired) electrons. The molecule has 5 rings (SSSR count). The summed E-state index contributed by atoms with van der Waals surface area (Å²) in [6, 6.07) is 14.8. The van der Waals surface area contributed by atoms with Crippen LogP contribution >= 0.6 is 0 Å². The standard InChI is InChI=1S/C27H32N6O/c1-3-25(34)33-13-11-20(12-14-33)24-6-4-5-21-19-28-27(30-26(21)24)29-22-7-9-23(10-8-22)32-17-15-31(2)16-18-32/h3-10,19-20H,1,11-18H2,2H3,(H,28,29,30). The number of benzene rings is 2. The molecule has 2 saturated heterocycles. The van der Waals surface area contributed by atoms with Crippen molar-refractivity contribution in [2.45, 2.75) is 18.8 Å². The van der Waals surface area contributed by atoms with Gasteiger partial charge in [0.2, 0.25) is 11.9 Å². The average molecular weight is 457 g/mol. The Morgan fingerprint density at radius 3 is 2.47 bits per heavy atom. The Balaban J connectivity index is 1.31. The van der Waals surface area contributed by atoms with Crippen LogP contribution in [0, 0.1) is 0 Å². The molecule has 2 fully saturated rings. The zero-order valence-corrected chi connectivity index (χ0v) is 19.8. The monoisotopic (exact) mass is 456 g/mol. The lowest BCUT2D eigenvalue weighted by Gasteiger charge is -2.34. The number of anilines is 3. The fourth-order valence-corrected chi connectivity index (χ4v) is 4.96. The summed E-state index contributed by atoms with van der Waals surface area (Å²) >= 11 is 0. The van der Waals surface area contributed by atoms with Crippen LogP contribution in [0.3, 0.4) is 0 Å². The van der Waals surface area contributed by atoms with Gasteiger partial charge in [0, 0.05) is 62.2 Å². The number of aromatic nitrogens is 2. The van der Waals surface area contributed by atoms with Crippen molar-refractivity contribution in [1.82, 2.24) is 19.8 Å². The molecule has 3 aromatic rings. The normalized spacial score (nSPS) is 17.7. The van der Waals surface area contributed by atoms with E-state index in [0.29, 0.717) is 11.9 Å². The molecule has 34 heavy (non-hydrogen) atoms. The number of amides is 1. The second-order valence-corrected chi connectivity index (χ2v) is 9.24. The number of hydrogen-bond donors (Lipinski definition) is 1. The largest absolute Gasteiger partial charge is 0.369 e. The molecule has 1 N–H and O–H groups in total. The van der Waals surface area contributed by atoms with Gasteiger partial charge in [-0.1, -0.05) is 24.8 Å². The van der Waals surface area contributed by atoms with Crippen molar-refractivity contribution in [2.75, 3.05) is 56.5 Å². The molecule has 2 aliphatic heterocycles. The van der Waals surface area contributed by atoms with Crippen molar-refractivity contribution in [3.8, 4) is 0 Å². The van der Waals surface area contributed by atoms with Crippen LogP contribution in [0.1, 0.15) is 24.3 Å². The minimum Gasteiger partial charge on any atom is -0.369 e. The van der Waals surface area contributed by atoms with Crippen molar-refractivity contribution in [2.24, 2.45) is 0 Å². The summed E-state index contributed by atoms with van der Waals surface area (Å²) in [5, 5.41) is 4.42. The van der Waals surface area contributed by atoms with Gasteiger partial charge < -0.3 is 20.0 Å². The quantitative estimate of drug-likeness (QED) is 0.585. The molecule has 0 spiro atoms. The van der Waals surface area contributed by atoms with Gasteiger partial charge in [-0.25, -0.2) is 9.97 Å². The van der Waals surface area contributed by atoms with E-state index in [9.17, 15) is 4.79 Å². The number of likely N-dealkylation sites (tertiary alicyclic amines) is 1. The Hall–Kier alpha value is -3.45. The van der Waals surface area contributed by atoms with E-state index in [-0.39, 0.29) is 5.91 Å². The van der Waals surface area contributed by atoms with Crippen LogP contribution in [-0.4, -0.2) is 72.0 Å². The van der Waals surface area contributed by atoms with Gasteiger partial charge in [0.15, 0.2) is 0 Å². The first kappa shape index (κ1) is 22.3. The summed E-state index contributed by atoms with van der Waals surface area (Å²) in [4.78, 5) is 28.1. The fourth-order valence-electron chi connectivity index (χ4n) is 4.96. The SMILES string of the molecule is C=CC(=O)N1CCC(c2cccc3cnc(Nc4ccc(N5CCN(C)CC5)cc4)nc23)CC1. The number of para-hydroxylation sites is 1. The molecule has 0 unspecified atom stereocenters. The second-order valence-electron chi connectivity index (χ2n) is 9.24. The van der Waals surface area contributed by atoms with Gasteiger partial charge in [0.1, 0.15) is 0 Å². The number of hydrogen-bond acceptors (Lipinski definition) is 6. The number of carbonyl (C=O) groups excluding carboxylic acids is 1. The van der Waals surface area contributed by atoms with E-state index in [4.69, 9.17) is 4.98 Å². The highest BCUT2D eigenvalue weighted by Crippen LogP contribution is 2.33. The third kappa shape index (κ3) is 4.75. The number of rotatable bonds is 5. The zero-order valence-electron chi connectivity index (χ0n) is 19.8. The Kier molecular flexibility index (Phi) is 6.45. The van der Waals surface area contributed by atoms with Gasteiger partial charge in [0.25, 0.3) is 0 Å². The lowest BCUT2D eigenvalue weighted by molar-refractivity contribution is -0.127. The molecule has 1 amide bonds. The van der Waals surface area contributed by atoms with E-state index >= 15 is 0 Å². The molecule has 2 aliphatic rings. The van der Waals surface area contributed by atoms with Crippen molar-refractivity contribution < 1.29 is 4.79 Å². The minimum absolute atomic E-state index is 0.0174. The Bertz CT molecular complexity index is 1160. The van der Waals surface area contributed by atoms with Crippen LogP contribution in [-0.2, 0) is 4.79 Å². The highest BCUT2D eigenvalue weighted by Gasteiger charge is 2.24. The molecule has 3 heterocycles. The summed E-state index contributed by atoms with van der Waals surface area (Å²) in [5.74, 6) is 0.999. The molecule has 0 aliphatic carbocycles. The number of likely N-dealkylation sites (N-methyl/N-ethyl adjacent to an activating group) is 1. The topological polar surface area (TPSA) is 64.6 Å².